The molecule has 39 heavy (non-hydrogen) atoms. The number of allylic oxidation sites excluding steroid dienone is 1. The molecule has 0 heterocycles. The maximum absolute atomic E-state index is 12.0. The summed E-state index contributed by atoms with van der Waals surface area (Å²) in [5, 5.41) is 12.4. The SMILES string of the molecule is C=C.C=C(/N=C\C(=C/C)C(=O)OCC)N(CCCc1ccc(-c2cccc(CCO)c2)cc1)CCNC.C=O. The van der Waals surface area contributed by atoms with Crippen LogP contribution < -0.4 is 5.32 Å². The van der Waals surface area contributed by atoms with Crippen molar-refractivity contribution in [3.8, 4) is 11.1 Å². The highest BCUT2D eigenvalue weighted by Crippen LogP contribution is 2.22. The number of benzene rings is 2. The van der Waals surface area contributed by atoms with Gasteiger partial charge in [-0.2, -0.15) is 0 Å². The van der Waals surface area contributed by atoms with Crippen LogP contribution in [0.4, 0.5) is 0 Å². The van der Waals surface area contributed by atoms with Crippen LogP contribution in [0.25, 0.3) is 11.1 Å². The summed E-state index contributed by atoms with van der Waals surface area (Å²) in [6.45, 7) is 18.6. The summed E-state index contributed by atoms with van der Waals surface area (Å²) in [5.41, 5.74) is 5.18. The Morgan fingerprint density at radius 1 is 1.05 bits per heavy atom. The quantitative estimate of drug-likeness (QED) is 0.144. The highest BCUT2D eigenvalue weighted by molar-refractivity contribution is 6.09. The van der Waals surface area contributed by atoms with Gasteiger partial charge in [0.2, 0.25) is 0 Å². The predicted molar refractivity (Wildman–Crippen MR) is 163 cm³/mol. The molecule has 0 spiro atoms. The summed E-state index contributed by atoms with van der Waals surface area (Å²) in [6, 6.07) is 17.0. The summed E-state index contributed by atoms with van der Waals surface area (Å²) >= 11 is 0. The first-order valence-electron chi connectivity index (χ1n) is 13.1. The molecule has 0 unspecified atom stereocenters. The Morgan fingerprint density at radius 3 is 2.33 bits per heavy atom. The Kier molecular flexibility index (Phi) is 20.0. The first kappa shape index (κ1) is 35.2. The minimum absolute atomic E-state index is 0.160. The van der Waals surface area contributed by atoms with Gasteiger partial charge in [-0.3, -0.25) is 0 Å². The van der Waals surface area contributed by atoms with Gasteiger partial charge in [-0.25, -0.2) is 9.79 Å². The molecule has 0 bridgehead atoms. The van der Waals surface area contributed by atoms with Gasteiger partial charge in [0, 0.05) is 32.5 Å². The lowest BCUT2D eigenvalue weighted by Gasteiger charge is -2.24. The number of carbonyl (C=O) groups is 2. The number of esters is 1. The highest BCUT2D eigenvalue weighted by atomic mass is 16.5. The molecular formula is C32H45N3O4. The average molecular weight is 536 g/mol. The molecule has 2 rings (SSSR count). The molecule has 0 saturated carbocycles. The number of rotatable bonds is 15. The van der Waals surface area contributed by atoms with Crippen LogP contribution >= 0.6 is 0 Å². The van der Waals surface area contributed by atoms with Crippen LogP contribution in [0.15, 0.2) is 90.7 Å². The number of likely N-dealkylation sites (N-methyl/N-ethyl adjacent to an activating group) is 1. The molecule has 0 aliphatic carbocycles. The smallest absolute Gasteiger partial charge is 0.339 e. The van der Waals surface area contributed by atoms with E-state index in [2.05, 4.69) is 71.3 Å². The Labute approximate surface area is 234 Å². The topological polar surface area (TPSA) is 91.2 Å². The van der Waals surface area contributed by atoms with Crippen molar-refractivity contribution in [1.29, 1.82) is 0 Å². The Hall–Kier alpha value is -3.81. The van der Waals surface area contributed by atoms with Gasteiger partial charge >= 0.3 is 5.97 Å². The van der Waals surface area contributed by atoms with Gasteiger partial charge in [0.25, 0.3) is 0 Å². The molecule has 2 aromatic rings. The minimum Gasteiger partial charge on any atom is -0.462 e. The van der Waals surface area contributed by atoms with Gasteiger partial charge < -0.3 is 24.9 Å². The molecule has 0 radical (unpaired) electrons. The van der Waals surface area contributed by atoms with E-state index in [-0.39, 0.29) is 12.6 Å². The van der Waals surface area contributed by atoms with E-state index in [4.69, 9.17) is 9.53 Å². The summed E-state index contributed by atoms with van der Waals surface area (Å²) < 4.78 is 5.06. The monoisotopic (exact) mass is 535 g/mol. The van der Waals surface area contributed by atoms with E-state index in [1.54, 1.807) is 19.9 Å². The molecule has 7 heteroatoms. The molecule has 0 amide bonds. The number of ether oxygens (including phenoxy) is 1. The molecule has 0 aliphatic rings. The second-order valence-electron chi connectivity index (χ2n) is 8.20. The lowest BCUT2D eigenvalue weighted by molar-refractivity contribution is -0.137. The van der Waals surface area contributed by atoms with Crippen molar-refractivity contribution in [3.05, 3.63) is 96.9 Å². The third-order valence-electron chi connectivity index (χ3n) is 5.68. The number of nitrogens with zero attached hydrogens (tertiary/aromatic N) is 2. The van der Waals surface area contributed by atoms with Gasteiger partial charge in [0.15, 0.2) is 0 Å². The van der Waals surface area contributed by atoms with Crippen molar-refractivity contribution >= 4 is 19.0 Å². The predicted octanol–water partition coefficient (Wildman–Crippen LogP) is 5.01. The van der Waals surface area contributed by atoms with Crippen LogP contribution in [0.5, 0.6) is 0 Å². The fourth-order valence-corrected chi connectivity index (χ4v) is 3.68. The van der Waals surface area contributed by atoms with Crippen molar-refractivity contribution in [2.75, 3.05) is 39.9 Å². The van der Waals surface area contributed by atoms with E-state index >= 15 is 0 Å². The van der Waals surface area contributed by atoms with Crippen LogP contribution in [0.3, 0.4) is 0 Å². The fraction of sp³-hybridized carbons (Fsp3) is 0.344. The third-order valence-corrected chi connectivity index (χ3v) is 5.68. The number of carbonyl (C=O) groups excluding carboxylic acids is 2. The van der Waals surface area contributed by atoms with Gasteiger partial charge in [0.1, 0.15) is 12.6 Å². The summed E-state index contributed by atoms with van der Waals surface area (Å²) in [7, 11) is 1.92. The normalized spacial score (nSPS) is 10.6. The average Bonchev–Trinajstić information content (AvgIpc) is 2.98. The first-order chi connectivity index (χ1) is 19.0. The van der Waals surface area contributed by atoms with Crippen molar-refractivity contribution in [3.63, 3.8) is 0 Å². The van der Waals surface area contributed by atoms with Gasteiger partial charge in [0.05, 0.1) is 12.2 Å². The van der Waals surface area contributed by atoms with Crippen molar-refractivity contribution in [2.24, 2.45) is 4.99 Å². The summed E-state index contributed by atoms with van der Waals surface area (Å²) in [6.07, 6.45) is 5.79. The second kappa shape index (κ2) is 22.2. The molecular weight excluding hydrogens is 490 g/mol. The first-order valence-corrected chi connectivity index (χ1v) is 13.1. The molecule has 0 aromatic heterocycles. The van der Waals surface area contributed by atoms with Crippen molar-refractivity contribution in [1.82, 2.24) is 10.2 Å². The number of aliphatic hydroxyl groups is 1. The molecule has 0 atom stereocenters. The zero-order valence-electron chi connectivity index (χ0n) is 23.8. The van der Waals surface area contributed by atoms with Crippen molar-refractivity contribution < 1.29 is 19.4 Å². The van der Waals surface area contributed by atoms with E-state index in [1.165, 1.54) is 22.9 Å². The Morgan fingerprint density at radius 2 is 1.74 bits per heavy atom. The van der Waals surface area contributed by atoms with Gasteiger partial charge in [-0.1, -0.05) is 61.2 Å². The molecule has 7 nitrogen and oxygen atoms in total. The zero-order valence-corrected chi connectivity index (χ0v) is 23.8. The largest absolute Gasteiger partial charge is 0.462 e. The summed E-state index contributed by atoms with van der Waals surface area (Å²) in [4.78, 5) is 26.5. The molecule has 2 N–H and O–H groups in total. The maximum atomic E-state index is 12.0. The molecule has 2 aromatic carbocycles. The van der Waals surface area contributed by atoms with Crippen LogP contribution in [-0.4, -0.2) is 68.9 Å². The van der Waals surface area contributed by atoms with Crippen molar-refractivity contribution in [2.45, 2.75) is 33.1 Å². The second-order valence-corrected chi connectivity index (χ2v) is 8.20. The number of hydrogen-bond acceptors (Lipinski definition) is 7. The molecule has 0 aliphatic heterocycles. The van der Waals surface area contributed by atoms with Crippen LogP contribution in [0.2, 0.25) is 0 Å². The maximum Gasteiger partial charge on any atom is 0.339 e. The number of aryl methyl sites for hydroxylation is 1. The van der Waals surface area contributed by atoms with E-state index in [9.17, 15) is 9.90 Å². The standard InChI is InChI=1S/C29H39N3O3.C2H4.CH2O/c1-5-26(29(34)35-6-2)22-31-23(3)32(19-17-30-4)18-8-10-24-12-14-27(15-13-24)28-11-7-9-25(21-28)16-20-33;2*1-2/h5,7,9,11-15,21-22,30,33H,3,6,8,10,16-20H2,1-2,4H3;1-2H2;1H2/b26-5+,31-22-;;. The number of hydrogen-bond donors (Lipinski definition) is 2. The number of nitrogens with one attached hydrogen (secondary N) is 1. The van der Waals surface area contributed by atoms with E-state index < -0.39 is 0 Å². The fourth-order valence-electron chi connectivity index (χ4n) is 3.68. The minimum atomic E-state index is -0.378. The Bertz CT molecular complexity index is 1030. The molecule has 212 valence electrons. The zero-order chi connectivity index (χ0) is 29.5. The van der Waals surface area contributed by atoms with E-state index in [0.29, 0.717) is 24.4 Å². The van der Waals surface area contributed by atoms with Crippen LogP contribution in [0, 0.1) is 0 Å². The molecule has 0 saturated heterocycles. The number of aliphatic imine (C=N–C) groups is 1. The lowest BCUT2D eigenvalue weighted by atomic mass is 9.99. The van der Waals surface area contributed by atoms with Gasteiger partial charge in [-0.15, -0.1) is 13.2 Å². The van der Waals surface area contributed by atoms with Crippen LogP contribution in [0.1, 0.15) is 31.4 Å². The van der Waals surface area contributed by atoms with E-state index in [0.717, 1.165) is 38.0 Å². The lowest BCUT2D eigenvalue weighted by Crippen LogP contribution is -2.30. The van der Waals surface area contributed by atoms with E-state index in [1.807, 2.05) is 26.0 Å². The molecule has 0 fully saturated rings. The Balaban J connectivity index is 0.00000344. The van der Waals surface area contributed by atoms with Gasteiger partial charge in [-0.05, 0) is 62.4 Å². The number of aliphatic hydroxyl groups excluding tert-OH is 1. The summed E-state index contributed by atoms with van der Waals surface area (Å²) in [5.74, 6) is 0.249. The third kappa shape index (κ3) is 13.5. The highest BCUT2D eigenvalue weighted by Gasteiger charge is 2.10. The van der Waals surface area contributed by atoms with Crippen LogP contribution in [-0.2, 0) is 27.2 Å².